The first-order valence-corrected chi connectivity index (χ1v) is 6.54. The van der Waals surface area contributed by atoms with Crippen LogP contribution in [0.1, 0.15) is 12.4 Å². The Labute approximate surface area is 112 Å². The van der Waals surface area contributed by atoms with Crippen molar-refractivity contribution in [2.75, 3.05) is 13.6 Å². The highest BCUT2D eigenvalue weighted by molar-refractivity contribution is 7.98. The molecular weight excluding hydrogens is 276 g/mol. The minimum Gasteiger partial charge on any atom is -0.318 e. The quantitative estimate of drug-likeness (QED) is 0.759. The third-order valence-electron chi connectivity index (χ3n) is 2.36. The van der Waals surface area contributed by atoms with E-state index in [0.29, 0.717) is 17.5 Å². The molecule has 0 radical (unpaired) electrons. The van der Waals surface area contributed by atoms with Crippen molar-refractivity contribution in [1.82, 2.24) is 35.1 Å². The minimum absolute atomic E-state index is 0.289. The molecule has 1 N–H and O–H groups in total. The molecule has 0 aliphatic heterocycles. The zero-order valence-corrected chi connectivity index (χ0v) is 11.0. The van der Waals surface area contributed by atoms with Gasteiger partial charge in [-0.1, -0.05) is 11.8 Å². The Morgan fingerprint density at radius 3 is 3.05 bits per heavy atom. The average molecular weight is 289 g/mol. The summed E-state index contributed by atoms with van der Waals surface area (Å²) in [7, 11) is 1.83. The zero-order chi connectivity index (χ0) is 13.7. The van der Waals surface area contributed by atoms with Gasteiger partial charge >= 0.3 is 6.55 Å². The molecule has 0 aromatic carbocycles. The molecular formula is C9H13F2N7S. The van der Waals surface area contributed by atoms with E-state index >= 15 is 0 Å². The van der Waals surface area contributed by atoms with Crippen LogP contribution in [0.4, 0.5) is 8.78 Å². The number of tetrazole rings is 1. The number of aromatic nitrogens is 6. The summed E-state index contributed by atoms with van der Waals surface area (Å²) in [6.07, 6.45) is 2.61. The molecule has 7 nitrogen and oxygen atoms in total. The van der Waals surface area contributed by atoms with Crippen LogP contribution in [0.5, 0.6) is 0 Å². The van der Waals surface area contributed by atoms with Gasteiger partial charge in [0.1, 0.15) is 5.82 Å². The summed E-state index contributed by atoms with van der Waals surface area (Å²) in [5.74, 6) is 0.584. The first kappa shape index (κ1) is 13.9. The lowest BCUT2D eigenvalue weighted by Gasteiger charge is -2.06. The van der Waals surface area contributed by atoms with Gasteiger partial charge in [-0.05, 0) is 17.5 Å². The van der Waals surface area contributed by atoms with E-state index in [1.54, 1.807) is 4.68 Å². The van der Waals surface area contributed by atoms with E-state index in [4.69, 9.17) is 0 Å². The number of nitrogens with one attached hydrogen (secondary N) is 1. The van der Waals surface area contributed by atoms with Crippen LogP contribution in [0.15, 0.2) is 17.6 Å². The molecule has 0 saturated carbocycles. The average Bonchev–Trinajstić information content (AvgIpc) is 3.02. The van der Waals surface area contributed by atoms with Crippen LogP contribution in [0.25, 0.3) is 0 Å². The number of halogens is 2. The van der Waals surface area contributed by atoms with Gasteiger partial charge in [-0.25, -0.2) is 9.67 Å². The first-order valence-electron chi connectivity index (χ1n) is 5.55. The number of hydrogen-bond acceptors (Lipinski definition) is 6. The van der Waals surface area contributed by atoms with Crippen molar-refractivity contribution < 1.29 is 8.78 Å². The summed E-state index contributed by atoms with van der Waals surface area (Å²) in [6, 6.07) is 0. The Morgan fingerprint density at radius 1 is 1.47 bits per heavy atom. The summed E-state index contributed by atoms with van der Waals surface area (Å²) in [4.78, 5) is 3.90. The number of thioether (sulfide) groups is 1. The molecule has 0 bridgehead atoms. The second-order valence-corrected chi connectivity index (χ2v) is 4.55. The highest BCUT2D eigenvalue weighted by atomic mass is 32.2. The minimum atomic E-state index is -2.58. The van der Waals surface area contributed by atoms with Crippen LogP contribution in [0.3, 0.4) is 0 Å². The normalized spacial score (nSPS) is 11.4. The van der Waals surface area contributed by atoms with Gasteiger partial charge in [0.25, 0.3) is 0 Å². The van der Waals surface area contributed by atoms with E-state index < -0.39 is 6.55 Å². The van der Waals surface area contributed by atoms with Crippen molar-refractivity contribution in [2.24, 2.45) is 0 Å². The molecule has 2 aromatic rings. The second kappa shape index (κ2) is 6.57. The van der Waals surface area contributed by atoms with E-state index in [1.807, 2.05) is 7.05 Å². The number of nitrogens with zero attached hydrogens (tertiary/aromatic N) is 6. The van der Waals surface area contributed by atoms with Gasteiger partial charge < -0.3 is 5.32 Å². The van der Waals surface area contributed by atoms with Gasteiger partial charge in [0, 0.05) is 18.9 Å². The van der Waals surface area contributed by atoms with Crippen molar-refractivity contribution in [1.29, 1.82) is 0 Å². The van der Waals surface area contributed by atoms with Gasteiger partial charge in [0.05, 0.1) is 12.3 Å². The summed E-state index contributed by atoms with van der Waals surface area (Å²) >= 11 is 1.28. The molecule has 0 unspecified atom stereocenters. The molecule has 0 spiro atoms. The highest BCUT2D eigenvalue weighted by Gasteiger charge is 2.13. The lowest BCUT2D eigenvalue weighted by molar-refractivity contribution is 0.0678. The first-order chi connectivity index (χ1) is 9.22. The number of rotatable bonds is 7. The van der Waals surface area contributed by atoms with Crippen LogP contribution in [0.2, 0.25) is 0 Å². The van der Waals surface area contributed by atoms with Crippen molar-refractivity contribution in [2.45, 2.75) is 24.0 Å². The van der Waals surface area contributed by atoms with Crippen LogP contribution in [0, 0.1) is 0 Å². The van der Waals surface area contributed by atoms with E-state index in [2.05, 4.69) is 25.8 Å². The van der Waals surface area contributed by atoms with Crippen molar-refractivity contribution >= 4 is 11.8 Å². The molecule has 19 heavy (non-hydrogen) atoms. The summed E-state index contributed by atoms with van der Waals surface area (Å²) in [6.45, 7) is -1.24. The summed E-state index contributed by atoms with van der Waals surface area (Å²) in [5.41, 5.74) is 0. The van der Waals surface area contributed by atoms with E-state index in [-0.39, 0.29) is 5.75 Å². The van der Waals surface area contributed by atoms with Crippen LogP contribution in [-0.2, 0) is 12.3 Å². The maximum atomic E-state index is 12.6. The number of likely N-dealkylation sites (N-methyl/N-ethyl adjacent to an activating group) is 1. The topological polar surface area (TPSA) is 73.5 Å². The monoisotopic (exact) mass is 289 g/mol. The van der Waals surface area contributed by atoms with Crippen LogP contribution < -0.4 is 5.32 Å². The fourth-order valence-electron chi connectivity index (χ4n) is 1.42. The molecule has 0 saturated heterocycles. The molecule has 2 rings (SSSR count). The number of imidazole rings is 1. The highest BCUT2D eigenvalue weighted by Crippen LogP contribution is 2.21. The summed E-state index contributed by atoms with van der Waals surface area (Å²) in [5, 5.41) is 14.8. The maximum absolute atomic E-state index is 12.6. The fraction of sp³-hybridized carbons (Fsp3) is 0.556. The van der Waals surface area contributed by atoms with Crippen molar-refractivity contribution in [3.63, 3.8) is 0 Å². The maximum Gasteiger partial charge on any atom is 0.319 e. The molecule has 104 valence electrons. The Bertz CT molecular complexity index is 512. The Morgan fingerprint density at radius 2 is 2.32 bits per heavy atom. The van der Waals surface area contributed by atoms with Crippen molar-refractivity contribution in [3.05, 3.63) is 18.2 Å². The Kier molecular flexibility index (Phi) is 4.80. The predicted octanol–water partition coefficient (Wildman–Crippen LogP) is 0.776. The summed E-state index contributed by atoms with van der Waals surface area (Å²) < 4.78 is 27.7. The third kappa shape index (κ3) is 3.47. The third-order valence-corrected chi connectivity index (χ3v) is 3.32. The Balaban J connectivity index is 1.98. The lowest BCUT2D eigenvalue weighted by atomic mass is 10.6. The molecule has 2 heterocycles. The second-order valence-electron chi connectivity index (χ2n) is 3.61. The molecule has 0 aliphatic carbocycles. The standard InChI is InChI=1S/C9H13F2N7S/c1-12-2-5-18-9(14-15-16-18)19-6-7-13-3-4-17(7)8(10)11/h3-4,8,12H,2,5-6H2,1H3. The van der Waals surface area contributed by atoms with Gasteiger partial charge in [-0.15, -0.1) is 5.10 Å². The van der Waals surface area contributed by atoms with Crippen molar-refractivity contribution in [3.8, 4) is 0 Å². The van der Waals surface area contributed by atoms with E-state index in [0.717, 1.165) is 11.1 Å². The molecule has 2 aromatic heterocycles. The number of alkyl halides is 2. The molecule has 0 fully saturated rings. The smallest absolute Gasteiger partial charge is 0.318 e. The molecule has 0 amide bonds. The molecule has 0 atom stereocenters. The van der Waals surface area contributed by atoms with Gasteiger partial charge in [-0.2, -0.15) is 8.78 Å². The number of hydrogen-bond donors (Lipinski definition) is 1. The lowest BCUT2D eigenvalue weighted by Crippen LogP contribution is -2.16. The fourth-order valence-corrected chi connectivity index (χ4v) is 2.27. The van der Waals surface area contributed by atoms with Gasteiger partial charge in [0.15, 0.2) is 0 Å². The molecule has 10 heteroatoms. The SMILES string of the molecule is CNCCn1nnnc1SCc1nccn1C(F)F. The van der Waals surface area contributed by atoms with Gasteiger partial charge in [0.2, 0.25) is 5.16 Å². The predicted molar refractivity (Wildman–Crippen MR) is 64.8 cm³/mol. The zero-order valence-electron chi connectivity index (χ0n) is 10.2. The van der Waals surface area contributed by atoms with Crippen LogP contribution in [-0.4, -0.2) is 43.4 Å². The van der Waals surface area contributed by atoms with E-state index in [1.165, 1.54) is 24.2 Å². The van der Waals surface area contributed by atoms with Crippen LogP contribution >= 0.6 is 11.8 Å². The largest absolute Gasteiger partial charge is 0.319 e. The molecule has 0 aliphatic rings. The van der Waals surface area contributed by atoms with E-state index in [9.17, 15) is 8.78 Å². The Hall–Kier alpha value is -1.55. The van der Waals surface area contributed by atoms with Gasteiger partial charge in [-0.3, -0.25) is 4.57 Å².